The molecule has 2 N–H and O–H groups in total. The molecule has 1 aliphatic rings. The summed E-state index contributed by atoms with van der Waals surface area (Å²) < 4.78 is 6.04. The summed E-state index contributed by atoms with van der Waals surface area (Å²) in [5.41, 5.74) is 0. The van der Waals surface area contributed by atoms with Crippen LogP contribution in [0.5, 0.6) is 0 Å². The molecular formula is C21H43NO3. The molecule has 4 nitrogen and oxygen atoms in total. The molecule has 1 rings (SSSR count). The number of hydrogen-bond acceptors (Lipinski definition) is 4. The number of aliphatic hydroxyl groups excluding tert-OH is 2. The van der Waals surface area contributed by atoms with Gasteiger partial charge in [-0.3, -0.25) is 4.90 Å². The Morgan fingerprint density at radius 1 is 0.920 bits per heavy atom. The highest BCUT2D eigenvalue weighted by Crippen LogP contribution is 2.29. The lowest BCUT2D eigenvalue weighted by atomic mass is 10.0. The van der Waals surface area contributed by atoms with Gasteiger partial charge < -0.3 is 14.9 Å². The van der Waals surface area contributed by atoms with Gasteiger partial charge in [0.15, 0.2) is 0 Å². The Bertz CT molecular complexity index is 326. The zero-order valence-electron chi connectivity index (χ0n) is 17.1. The van der Waals surface area contributed by atoms with Crippen molar-refractivity contribution in [3.8, 4) is 0 Å². The van der Waals surface area contributed by atoms with Gasteiger partial charge in [0, 0.05) is 19.1 Å². The third-order valence-corrected chi connectivity index (χ3v) is 5.79. The minimum Gasteiger partial charge on any atom is -0.391 e. The first kappa shape index (κ1) is 22.9. The van der Waals surface area contributed by atoms with Crippen LogP contribution in [0.3, 0.4) is 0 Å². The van der Waals surface area contributed by atoms with E-state index < -0.39 is 12.2 Å². The Kier molecular flexibility index (Phi) is 12.0. The predicted octanol–water partition coefficient (Wildman–Crippen LogP) is 4.13. The van der Waals surface area contributed by atoms with Crippen molar-refractivity contribution in [1.29, 1.82) is 0 Å². The van der Waals surface area contributed by atoms with Gasteiger partial charge in [0.05, 0.1) is 18.2 Å². The van der Waals surface area contributed by atoms with Gasteiger partial charge in [0.2, 0.25) is 0 Å². The second-order valence-corrected chi connectivity index (χ2v) is 7.97. The summed E-state index contributed by atoms with van der Waals surface area (Å²) in [5, 5.41) is 20.8. The molecule has 0 spiro atoms. The highest BCUT2D eigenvalue weighted by Gasteiger charge is 2.45. The number of likely N-dealkylation sites (N-methyl/N-ethyl adjacent to an activating group) is 1. The molecule has 0 aromatic heterocycles. The number of nitrogens with zero attached hydrogens (tertiary/aromatic N) is 1. The Labute approximate surface area is 155 Å². The van der Waals surface area contributed by atoms with E-state index in [2.05, 4.69) is 32.7 Å². The highest BCUT2D eigenvalue weighted by molar-refractivity contribution is 4.99. The van der Waals surface area contributed by atoms with Crippen molar-refractivity contribution in [3.05, 3.63) is 0 Å². The molecule has 0 heterocycles. The van der Waals surface area contributed by atoms with Crippen molar-refractivity contribution < 1.29 is 14.9 Å². The Morgan fingerprint density at radius 3 is 2.16 bits per heavy atom. The number of unbranched alkanes of at least 4 members (excludes halogenated alkanes) is 7. The normalized spacial score (nSPS) is 28.0. The van der Waals surface area contributed by atoms with Crippen LogP contribution in [0.25, 0.3) is 0 Å². The average Bonchev–Trinajstić information content (AvgIpc) is 2.87. The largest absolute Gasteiger partial charge is 0.391 e. The van der Waals surface area contributed by atoms with Crippen molar-refractivity contribution in [3.63, 3.8) is 0 Å². The fourth-order valence-electron chi connectivity index (χ4n) is 3.97. The number of aliphatic hydroxyl groups is 2. The van der Waals surface area contributed by atoms with E-state index in [-0.39, 0.29) is 12.1 Å². The lowest BCUT2D eigenvalue weighted by molar-refractivity contribution is -0.0661. The summed E-state index contributed by atoms with van der Waals surface area (Å²) >= 11 is 0. The van der Waals surface area contributed by atoms with E-state index >= 15 is 0 Å². The average molecular weight is 358 g/mol. The van der Waals surface area contributed by atoms with Gasteiger partial charge in [-0.15, -0.1) is 0 Å². The summed E-state index contributed by atoms with van der Waals surface area (Å²) in [5.74, 6) is 0. The molecular weight excluding hydrogens is 314 g/mol. The van der Waals surface area contributed by atoms with E-state index in [4.69, 9.17) is 4.74 Å². The van der Waals surface area contributed by atoms with Crippen molar-refractivity contribution in [1.82, 2.24) is 4.90 Å². The van der Waals surface area contributed by atoms with Gasteiger partial charge in [-0.2, -0.15) is 0 Å². The van der Waals surface area contributed by atoms with E-state index in [1.54, 1.807) is 0 Å². The topological polar surface area (TPSA) is 52.9 Å². The van der Waals surface area contributed by atoms with Crippen LogP contribution in [0.1, 0.15) is 91.4 Å². The summed E-state index contributed by atoms with van der Waals surface area (Å²) in [6, 6.07) is 0.310. The van der Waals surface area contributed by atoms with Gasteiger partial charge in [-0.1, -0.05) is 65.2 Å². The lowest BCUT2D eigenvalue weighted by Gasteiger charge is -2.36. The van der Waals surface area contributed by atoms with Crippen LogP contribution in [0.15, 0.2) is 0 Å². The fourth-order valence-corrected chi connectivity index (χ4v) is 3.97. The smallest absolute Gasteiger partial charge is 0.101 e. The lowest BCUT2D eigenvalue weighted by Crippen LogP contribution is -2.50. The minimum absolute atomic E-state index is 0.0909. The SMILES string of the molecule is CCCCCCCO[C@@H]1[C@@H](N(C)C(C)CCCCCC)[C@H](O)C[C@@H]1O. The molecule has 5 atom stereocenters. The van der Waals surface area contributed by atoms with Crippen molar-refractivity contribution in [2.75, 3.05) is 13.7 Å². The molecule has 1 unspecified atom stereocenters. The molecule has 0 amide bonds. The number of hydrogen-bond donors (Lipinski definition) is 2. The van der Waals surface area contributed by atoms with Crippen molar-refractivity contribution >= 4 is 0 Å². The summed E-state index contributed by atoms with van der Waals surface area (Å²) in [7, 11) is 2.08. The summed E-state index contributed by atoms with van der Waals surface area (Å²) in [6.07, 6.45) is 11.3. The Morgan fingerprint density at radius 2 is 1.52 bits per heavy atom. The molecule has 4 heteroatoms. The molecule has 150 valence electrons. The fraction of sp³-hybridized carbons (Fsp3) is 1.00. The first-order chi connectivity index (χ1) is 12.0. The molecule has 0 aromatic carbocycles. The van der Waals surface area contributed by atoms with E-state index in [0.29, 0.717) is 19.1 Å². The van der Waals surface area contributed by atoms with Crippen LogP contribution in [0.4, 0.5) is 0 Å². The Hall–Kier alpha value is -0.160. The zero-order valence-corrected chi connectivity index (χ0v) is 17.1. The standard InChI is InChI=1S/C21H43NO3/c1-5-7-9-11-13-15-25-21-19(24)16-18(23)20(21)22(4)17(3)14-12-10-8-6-2/h17-21,23-24H,5-16H2,1-4H3/t17?,18-,19+,20+,21+/m1/s1. The van der Waals surface area contributed by atoms with Gasteiger partial charge in [-0.05, 0) is 26.8 Å². The minimum atomic E-state index is -0.551. The second-order valence-electron chi connectivity index (χ2n) is 7.97. The maximum atomic E-state index is 10.4. The molecule has 0 saturated heterocycles. The zero-order chi connectivity index (χ0) is 18.7. The van der Waals surface area contributed by atoms with Crippen LogP contribution in [-0.2, 0) is 4.74 Å². The molecule has 25 heavy (non-hydrogen) atoms. The monoisotopic (exact) mass is 357 g/mol. The molecule has 1 saturated carbocycles. The summed E-state index contributed by atoms with van der Waals surface area (Å²) in [4.78, 5) is 2.24. The van der Waals surface area contributed by atoms with Crippen molar-refractivity contribution in [2.24, 2.45) is 0 Å². The molecule has 0 radical (unpaired) electrons. The maximum Gasteiger partial charge on any atom is 0.101 e. The third-order valence-electron chi connectivity index (χ3n) is 5.79. The van der Waals surface area contributed by atoms with Gasteiger partial charge in [-0.25, -0.2) is 0 Å². The van der Waals surface area contributed by atoms with Crippen molar-refractivity contribution in [2.45, 2.75) is 122 Å². The van der Waals surface area contributed by atoms with E-state index in [1.165, 1.54) is 51.4 Å². The number of rotatable bonds is 14. The number of ether oxygens (including phenoxy) is 1. The maximum absolute atomic E-state index is 10.4. The third kappa shape index (κ3) is 7.94. The van der Waals surface area contributed by atoms with E-state index in [9.17, 15) is 10.2 Å². The van der Waals surface area contributed by atoms with Gasteiger partial charge >= 0.3 is 0 Å². The molecule has 0 aliphatic heterocycles. The quantitative estimate of drug-likeness (QED) is 0.459. The van der Waals surface area contributed by atoms with Crippen LogP contribution in [-0.4, -0.2) is 59.2 Å². The first-order valence-corrected chi connectivity index (χ1v) is 10.7. The van der Waals surface area contributed by atoms with Crippen LogP contribution in [0, 0.1) is 0 Å². The molecule has 1 aliphatic carbocycles. The van der Waals surface area contributed by atoms with Crippen LogP contribution < -0.4 is 0 Å². The van der Waals surface area contributed by atoms with E-state index in [0.717, 1.165) is 12.8 Å². The first-order valence-electron chi connectivity index (χ1n) is 10.7. The van der Waals surface area contributed by atoms with Gasteiger partial charge in [0.1, 0.15) is 6.10 Å². The molecule has 0 aromatic rings. The van der Waals surface area contributed by atoms with E-state index in [1.807, 2.05) is 0 Å². The van der Waals surface area contributed by atoms with Gasteiger partial charge in [0.25, 0.3) is 0 Å². The highest BCUT2D eigenvalue weighted by atomic mass is 16.5. The molecule has 1 fully saturated rings. The Balaban J connectivity index is 2.43. The molecule has 0 bridgehead atoms. The second kappa shape index (κ2) is 13.1. The summed E-state index contributed by atoms with van der Waals surface area (Å²) in [6.45, 7) is 7.37. The predicted molar refractivity (Wildman–Crippen MR) is 105 cm³/mol. The van der Waals surface area contributed by atoms with Crippen LogP contribution in [0.2, 0.25) is 0 Å². The van der Waals surface area contributed by atoms with Crippen LogP contribution >= 0.6 is 0 Å².